The number of hydrogen-bond donors (Lipinski definition) is 1. The van der Waals surface area contributed by atoms with E-state index in [-0.39, 0.29) is 6.04 Å². The highest BCUT2D eigenvalue weighted by Gasteiger charge is 2.31. The van der Waals surface area contributed by atoms with E-state index in [1.165, 1.54) is 4.31 Å². The van der Waals surface area contributed by atoms with Gasteiger partial charge in [-0.2, -0.15) is 4.31 Å². The average molecular weight is 297 g/mol. The Balaban J connectivity index is 2.29. The summed E-state index contributed by atoms with van der Waals surface area (Å²) in [5.74, 6) is 0. The highest BCUT2D eigenvalue weighted by Crippen LogP contribution is 2.26. The Morgan fingerprint density at radius 2 is 2.05 bits per heavy atom. The largest absolute Gasteiger partial charge is 0.387 e. The molecule has 0 aromatic heterocycles. The lowest BCUT2D eigenvalue weighted by molar-refractivity contribution is 0.187. The van der Waals surface area contributed by atoms with Gasteiger partial charge in [-0.15, -0.1) is 0 Å². The summed E-state index contributed by atoms with van der Waals surface area (Å²) in [5, 5.41) is 2.95. The molecule has 1 aromatic carbocycles. The highest BCUT2D eigenvalue weighted by atomic mass is 32.2. The molecule has 2 rings (SSSR count). The van der Waals surface area contributed by atoms with Crippen molar-refractivity contribution in [2.24, 2.45) is 0 Å². The zero-order valence-electron chi connectivity index (χ0n) is 12.3. The number of benzene rings is 1. The van der Waals surface area contributed by atoms with Crippen molar-refractivity contribution in [2.45, 2.75) is 23.8 Å². The fourth-order valence-electron chi connectivity index (χ4n) is 2.69. The lowest BCUT2D eigenvalue weighted by atomic mass is 10.1. The van der Waals surface area contributed by atoms with Crippen LogP contribution in [0.3, 0.4) is 0 Å². The van der Waals surface area contributed by atoms with Gasteiger partial charge in [-0.05, 0) is 38.6 Å². The van der Waals surface area contributed by atoms with Crippen LogP contribution in [-0.4, -0.2) is 57.9 Å². The van der Waals surface area contributed by atoms with Crippen LogP contribution in [0.25, 0.3) is 0 Å². The van der Waals surface area contributed by atoms with Crippen molar-refractivity contribution in [2.75, 3.05) is 39.5 Å². The molecule has 1 aliphatic rings. The molecule has 1 heterocycles. The van der Waals surface area contributed by atoms with E-state index in [0.717, 1.165) is 25.9 Å². The third-order valence-electron chi connectivity index (χ3n) is 3.93. The Labute approximate surface area is 121 Å². The minimum absolute atomic E-state index is 0.0451. The first-order chi connectivity index (χ1) is 9.46. The van der Waals surface area contributed by atoms with Crippen LogP contribution in [0.2, 0.25) is 0 Å². The number of hydrogen-bond acceptors (Lipinski definition) is 4. The van der Waals surface area contributed by atoms with Gasteiger partial charge < -0.3 is 10.2 Å². The molecule has 0 aliphatic carbocycles. The molecule has 0 saturated carbocycles. The Hall–Kier alpha value is -1.11. The first kappa shape index (κ1) is 15.3. The van der Waals surface area contributed by atoms with Gasteiger partial charge in [0.15, 0.2) is 0 Å². The van der Waals surface area contributed by atoms with Crippen LogP contribution >= 0.6 is 0 Å². The van der Waals surface area contributed by atoms with Gasteiger partial charge in [0.2, 0.25) is 10.0 Å². The topological polar surface area (TPSA) is 52.7 Å². The summed E-state index contributed by atoms with van der Waals surface area (Å²) in [7, 11) is 2.00. The summed E-state index contributed by atoms with van der Waals surface area (Å²) < 4.78 is 27.1. The number of rotatable bonds is 4. The van der Waals surface area contributed by atoms with E-state index in [0.29, 0.717) is 10.6 Å². The number of piperidine rings is 1. The lowest BCUT2D eigenvalue weighted by Gasteiger charge is -2.35. The lowest BCUT2D eigenvalue weighted by Crippen LogP contribution is -2.47. The van der Waals surface area contributed by atoms with Crippen molar-refractivity contribution in [3.8, 4) is 0 Å². The number of sulfonamides is 1. The third kappa shape index (κ3) is 2.97. The molecule has 1 aliphatic heterocycles. The Morgan fingerprint density at radius 3 is 2.70 bits per heavy atom. The molecule has 1 unspecified atom stereocenters. The zero-order valence-corrected chi connectivity index (χ0v) is 13.2. The van der Waals surface area contributed by atoms with Crippen molar-refractivity contribution in [1.29, 1.82) is 0 Å². The van der Waals surface area contributed by atoms with Crippen molar-refractivity contribution in [1.82, 2.24) is 9.21 Å². The molecule has 1 aromatic rings. The molecule has 1 atom stereocenters. The molecule has 20 heavy (non-hydrogen) atoms. The fourth-order valence-corrected chi connectivity index (χ4v) is 4.26. The van der Waals surface area contributed by atoms with Crippen molar-refractivity contribution in [3.05, 3.63) is 24.3 Å². The molecule has 112 valence electrons. The first-order valence-corrected chi connectivity index (χ1v) is 8.34. The molecule has 1 N–H and O–H groups in total. The molecule has 6 heteroatoms. The zero-order chi connectivity index (χ0) is 14.8. The SMILES string of the molecule is CNc1ccccc1S(=O)(=O)N(C)C1CCCN(C)C1. The van der Waals surface area contributed by atoms with E-state index < -0.39 is 10.0 Å². The average Bonchev–Trinajstić information content (AvgIpc) is 2.46. The molecule has 0 spiro atoms. The van der Waals surface area contributed by atoms with E-state index >= 15 is 0 Å². The first-order valence-electron chi connectivity index (χ1n) is 6.90. The van der Waals surface area contributed by atoms with E-state index in [2.05, 4.69) is 10.2 Å². The molecule has 0 amide bonds. The van der Waals surface area contributed by atoms with E-state index in [1.54, 1.807) is 32.3 Å². The van der Waals surface area contributed by atoms with E-state index in [4.69, 9.17) is 0 Å². The fraction of sp³-hybridized carbons (Fsp3) is 0.571. The second-order valence-corrected chi connectivity index (χ2v) is 7.29. The molecule has 0 radical (unpaired) electrons. The number of likely N-dealkylation sites (tertiary alicyclic amines) is 1. The Morgan fingerprint density at radius 1 is 1.35 bits per heavy atom. The standard InChI is InChI=1S/C14H23N3O2S/c1-15-13-8-4-5-9-14(13)20(18,19)17(3)12-7-6-10-16(2)11-12/h4-5,8-9,12,15H,6-7,10-11H2,1-3H3. The predicted octanol–water partition coefficient (Wildman–Crippen LogP) is 1.44. The minimum Gasteiger partial charge on any atom is -0.387 e. The van der Waals surface area contributed by atoms with Crippen LogP contribution in [-0.2, 0) is 10.0 Å². The maximum Gasteiger partial charge on any atom is 0.245 e. The van der Waals surface area contributed by atoms with Crippen LogP contribution < -0.4 is 5.32 Å². The highest BCUT2D eigenvalue weighted by molar-refractivity contribution is 7.89. The van der Waals surface area contributed by atoms with Gasteiger partial charge in [-0.25, -0.2) is 8.42 Å². The number of nitrogens with one attached hydrogen (secondary N) is 1. The number of anilines is 1. The van der Waals surface area contributed by atoms with Gasteiger partial charge in [0, 0.05) is 26.7 Å². The second kappa shape index (κ2) is 6.11. The normalized spacial score (nSPS) is 21.1. The van der Waals surface area contributed by atoms with Crippen LogP contribution in [0.1, 0.15) is 12.8 Å². The van der Waals surface area contributed by atoms with Gasteiger partial charge in [-0.3, -0.25) is 0 Å². The van der Waals surface area contributed by atoms with Crippen molar-refractivity contribution in [3.63, 3.8) is 0 Å². The maximum atomic E-state index is 12.8. The summed E-state index contributed by atoms with van der Waals surface area (Å²) >= 11 is 0. The van der Waals surface area contributed by atoms with Gasteiger partial charge in [0.25, 0.3) is 0 Å². The number of nitrogens with zero attached hydrogens (tertiary/aromatic N) is 2. The van der Waals surface area contributed by atoms with Crippen LogP contribution in [0.5, 0.6) is 0 Å². The van der Waals surface area contributed by atoms with Crippen LogP contribution in [0.4, 0.5) is 5.69 Å². The smallest absolute Gasteiger partial charge is 0.245 e. The monoisotopic (exact) mass is 297 g/mol. The summed E-state index contributed by atoms with van der Waals surface area (Å²) in [6, 6.07) is 7.08. The number of para-hydroxylation sites is 1. The molecular formula is C14H23N3O2S. The molecule has 0 bridgehead atoms. The van der Waals surface area contributed by atoms with Gasteiger partial charge in [-0.1, -0.05) is 12.1 Å². The Kier molecular flexibility index (Phi) is 4.67. The summed E-state index contributed by atoms with van der Waals surface area (Å²) in [4.78, 5) is 2.53. The van der Waals surface area contributed by atoms with Gasteiger partial charge in [0.1, 0.15) is 4.90 Å². The van der Waals surface area contributed by atoms with Crippen LogP contribution in [0.15, 0.2) is 29.2 Å². The van der Waals surface area contributed by atoms with E-state index in [9.17, 15) is 8.42 Å². The van der Waals surface area contributed by atoms with Crippen LogP contribution in [0, 0.1) is 0 Å². The molecule has 1 fully saturated rings. The van der Waals surface area contributed by atoms with E-state index in [1.807, 2.05) is 13.1 Å². The second-order valence-electron chi connectivity index (χ2n) is 5.33. The third-order valence-corrected chi connectivity index (χ3v) is 5.90. The molecule has 5 nitrogen and oxygen atoms in total. The maximum absolute atomic E-state index is 12.8. The van der Waals surface area contributed by atoms with Gasteiger partial charge >= 0.3 is 0 Å². The Bertz CT molecular complexity index is 559. The minimum atomic E-state index is -3.46. The van der Waals surface area contributed by atoms with Gasteiger partial charge in [0.05, 0.1) is 5.69 Å². The summed E-state index contributed by atoms with van der Waals surface area (Å²) in [6.07, 6.45) is 1.95. The predicted molar refractivity (Wildman–Crippen MR) is 81.5 cm³/mol. The summed E-state index contributed by atoms with van der Waals surface area (Å²) in [6.45, 7) is 1.83. The molecule has 1 saturated heterocycles. The van der Waals surface area contributed by atoms with Crippen molar-refractivity contribution >= 4 is 15.7 Å². The molecular weight excluding hydrogens is 274 g/mol. The quantitative estimate of drug-likeness (QED) is 0.914. The summed E-state index contributed by atoms with van der Waals surface area (Å²) in [5.41, 5.74) is 0.642. The van der Waals surface area contributed by atoms with Crippen molar-refractivity contribution < 1.29 is 8.42 Å². The number of likely N-dealkylation sites (N-methyl/N-ethyl adjacent to an activating group) is 2.